The van der Waals surface area contributed by atoms with Crippen molar-refractivity contribution in [3.05, 3.63) is 29.6 Å². The molecule has 0 saturated carbocycles. The van der Waals surface area contributed by atoms with Crippen LogP contribution in [0, 0.1) is 0 Å². The highest BCUT2D eigenvalue weighted by atomic mass is 16.5. The fourth-order valence-electron chi connectivity index (χ4n) is 1.65. The quantitative estimate of drug-likeness (QED) is 0.717. The molecular formula is C11H14N3O2+. The molecule has 0 amide bonds. The zero-order chi connectivity index (χ0) is 11.5. The topological polar surface area (TPSA) is 71.6 Å². The highest BCUT2D eigenvalue weighted by Gasteiger charge is 2.13. The Hall–Kier alpha value is -1.88. The fraction of sp³-hybridized carbons (Fsp3) is 0.273. The van der Waals surface area contributed by atoms with Gasteiger partial charge in [-0.05, 0) is 12.1 Å². The van der Waals surface area contributed by atoms with Crippen molar-refractivity contribution in [3.8, 4) is 0 Å². The summed E-state index contributed by atoms with van der Waals surface area (Å²) in [7, 11) is 3.34. The third kappa shape index (κ3) is 1.77. The lowest BCUT2D eigenvalue weighted by Crippen LogP contribution is -2.77. The van der Waals surface area contributed by atoms with E-state index in [0.29, 0.717) is 11.1 Å². The van der Waals surface area contributed by atoms with Crippen molar-refractivity contribution in [2.75, 3.05) is 14.2 Å². The third-order valence-electron chi connectivity index (χ3n) is 2.36. The maximum atomic E-state index is 11.5. The summed E-state index contributed by atoms with van der Waals surface area (Å²) in [6, 6.07) is 5.43. The Labute approximate surface area is 92.8 Å². The number of aromatic nitrogens is 2. The number of hydrogen-bond donors (Lipinski definition) is 2. The van der Waals surface area contributed by atoms with Crippen LogP contribution in [0.25, 0.3) is 11.0 Å². The molecule has 1 heterocycles. The van der Waals surface area contributed by atoms with E-state index in [9.17, 15) is 4.79 Å². The molecule has 0 aliphatic carbocycles. The van der Waals surface area contributed by atoms with Crippen molar-refractivity contribution >= 4 is 17.0 Å². The first kappa shape index (κ1) is 10.6. The number of aromatic amines is 1. The van der Waals surface area contributed by atoms with Crippen LogP contribution in [-0.4, -0.2) is 30.1 Å². The maximum absolute atomic E-state index is 11.5. The molecule has 1 aromatic heterocycles. The minimum atomic E-state index is -0.357. The van der Waals surface area contributed by atoms with Gasteiger partial charge in [-0.2, -0.15) is 0 Å². The van der Waals surface area contributed by atoms with Gasteiger partial charge in [0.05, 0.1) is 25.2 Å². The number of quaternary nitrogens is 1. The number of rotatable bonds is 3. The fourth-order valence-corrected chi connectivity index (χ4v) is 1.65. The van der Waals surface area contributed by atoms with Crippen LogP contribution in [-0.2, 0) is 11.3 Å². The van der Waals surface area contributed by atoms with E-state index < -0.39 is 0 Å². The van der Waals surface area contributed by atoms with Crippen molar-refractivity contribution in [1.82, 2.24) is 9.97 Å². The molecule has 2 aromatic rings. The van der Waals surface area contributed by atoms with Crippen molar-refractivity contribution in [1.29, 1.82) is 0 Å². The normalized spacial score (nSPS) is 10.6. The highest BCUT2D eigenvalue weighted by Crippen LogP contribution is 2.16. The number of fused-ring (bicyclic) bond motifs is 1. The third-order valence-corrected chi connectivity index (χ3v) is 2.36. The van der Waals surface area contributed by atoms with Crippen LogP contribution in [0.3, 0.4) is 0 Å². The van der Waals surface area contributed by atoms with E-state index >= 15 is 0 Å². The summed E-state index contributed by atoms with van der Waals surface area (Å²) in [5, 5.41) is 2.01. The van der Waals surface area contributed by atoms with E-state index in [1.165, 1.54) is 7.11 Å². The van der Waals surface area contributed by atoms with E-state index in [1.807, 2.05) is 24.5 Å². The molecule has 5 nitrogen and oxygen atoms in total. The van der Waals surface area contributed by atoms with Gasteiger partial charge in [-0.25, -0.2) is 9.78 Å². The Kier molecular flexibility index (Phi) is 2.87. The first-order chi connectivity index (χ1) is 7.76. The van der Waals surface area contributed by atoms with Crippen molar-refractivity contribution < 1.29 is 14.8 Å². The second-order valence-electron chi connectivity index (χ2n) is 3.49. The van der Waals surface area contributed by atoms with Crippen LogP contribution >= 0.6 is 0 Å². The van der Waals surface area contributed by atoms with Gasteiger partial charge in [0.2, 0.25) is 0 Å². The number of ether oxygens (including phenoxy) is 1. The molecule has 0 bridgehead atoms. The molecule has 0 saturated heterocycles. The number of imidazole rings is 1. The number of nitrogens with one attached hydrogen (secondary N) is 1. The molecule has 0 radical (unpaired) electrons. The molecule has 0 atom stereocenters. The summed E-state index contributed by atoms with van der Waals surface area (Å²) in [5.41, 5.74) is 2.03. The molecule has 3 N–H and O–H groups in total. The summed E-state index contributed by atoms with van der Waals surface area (Å²) >= 11 is 0. The minimum Gasteiger partial charge on any atom is -0.465 e. The molecule has 2 rings (SSSR count). The standard InChI is InChI=1S/C11H13N3O2/c1-12-6-9-13-8-5-3-4-7(10(8)14-9)11(15)16-2/h3-5,12H,6H2,1-2H3,(H,13,14)/p+1. The number of esters is 1. The predicted molar refractivity (Wildman–Crippen MR) is 59.0 cm³/mol. The van der Waals surface area contributed by atoms with Gasteiger partial charge in [0.25, 0.3) is 0 Å². The van der Waals surface area contributed by atoms with Gasteiger partial charge in [-0.1, -0.05) is 6.07 Å². The Morgan fingerprint density at radius 3 is 3.06 bits per heavy atom. The molecule has 84 valence electrons. The molecule has 0 aliphatic heterocycles. The molecule has 0 fully saturated rings. The minimum absolute atomic E-state index is 0.357. The number of para-hydroxylation sites is 1. The number of carbonyl (C=O) groups excluding carboxylic acids is 1. The van der Waals surface area contributed by atoms with Crippen molar-refractivity contribution in [3.63, 3.8) is 0 Å². The van der Waals surface area contributed by atoms with E-state index in [0.717, 1.165) is 17.9 Å². The van der Waals surface area contributed by atoms with Gasteiger partial charge >= 0.3 is 5.97 Å². The van der Waals surface area contributed by atoms with Crippen molar-refractivity contribution in [2.24, 2.45) is 0 Å². The van der Waals surface area contributed by atoms with E-state index in [4.69, 9.17) is 4.74 Å². The van der Waals surface area contributed by atoms with Gasteiger partial charge in [-0.3, -0.25) is 0 Å². The Morgan fingerprint density at radius 2 is 2.38 bits per heavy atom. The number of benzene rings is 1. The molecule has 16 heavy (non-hydrogen) atoms. The van der Waals surface area contributed by atoms with Gasteiger partial charge in [0, 0.05) is 0 Å². The van der Waals surface area contributed by atoms with Gasteiger partial charge in [0.15, 0.2) is 5.82 Å². The predicted octanol–water partition coefficient (Wildman–Crippen LogP) is 0.0427. The molecular weight excluding hydrogens is 206 g/mol. The average molecular weight is 220 g/mol. The van der Waals surface area contributed by atoms with Crippen molar-refractivity contribution in [2.45, 2.75) is 6.54 Å². The average Bonchev–Trinajstić information content (AvgIpc) is 2.70. The molecule has 1 aromatic carbocycles. The second kappa shape index (κ2) is 4.32. The van der Waals surface area contributed by atoms with Crippen LogP contribution in [0.2, 0.25) is 0 Å². The number of H-pyrrole nitrogens is 1. The molecule has 0 aliphatic rings. The Balaban J connectivity index is 2.54. The lowest BCUT2D eigenvalue weighted by atomic mass is 10.2. The smallest absolute Gasteiger partial charge is 0.340 e. The maximum Gasteiger partial charge on any atom is 0.340 e. The SMILES string of the molecule is C[NH2+]Cc1nc2c(C(=O)OC)cccc2[nH]1. The second-order valence-corrected chi connectivity index (χ2v) is 3.49. The van der Waals surface area contributed by atoms with E-state index in [2.05, 4.69) is 9.97 Å². The first-order valence-corrected chi connectivity index (χ1v) is 5.10. The van der Waals surface area contributed by atoms with E-state index in [1.54, 1.807) is 6.07 Å². The molecule has 0 spiro atoms. The van der Waals surface area contributed by atoms with Crippen LogP contribution in [0.1, 0.15) is 16.2 Å². The zero-order valence-corrected chi connectivity index (χ0v) is 9.28. The first-order valence-electron chi connectivity index (χ1n) is 5.10. The number of hydrogen-bond acceptors (Lipinski definition) is 3. The summed E-state index contributed by atoms with van der Waals surface area (Å²) in [6.45, 7) is 0.759. The lowest BCUT2D eigenvalue weighted by molar-refractivity contribution is -0.644. The molecule has 5 heteroatoms. The van der Waals surface area contributed by atoms with Crippen LogP contribution in [0.4, 0.5) is 0 Å². The van der Waals surface area contributed by atoms with Crippen LogP contribution < -0.4 is 5.32 Å². The monoisotopic (exact) mass is 220 g/mol. The molecule has 0 unspecified atom stereocenters. The summed E-state index contributed by atoms with van der Waals surface area (Å²) in [4.78, 5) is 19.1. The Bertz CT molecular complexity index is 519. The van der Waals surface area contributed by atoms with E-state index in [-0.39, 0.29) is 5.97 Å². The van der Waals surface area contributed by atoms with Gasteiger partial charge < -0.3 is 15.0 Å². The van der Waals surface area contributed by atoms with Crippen LogP contribution in [0.15, 0.2) is 18.2 Å². The summed E-state index contributed by atoms with van der Waals surface area (Å²) in [5.74, 6) is 0.498. The Morgan fingerprint density at radius 1 is 1.56 bits per heavy atom. The van der Waals surface area contributed by atoms with Crippen LogP contribution in [0.5, 0.6) is 0 Å². The number of nitrogens with two attached hydrogens (primary N) is 1. The lowest BCUT2D eigenvalue weighted by Gasteiger charge is -1.98. The largest absolute Gasteiger partial charge is 0.465 e. The highest BCUT2D eigenvalue weighted by molar-refractivity contribution is 6.01. The van der Waals surface area contributed by atoms with Gasteiger partial charge in [-0.15, -0.1) is 0 Å². The summed E-state index contributed by atoms with van der Waals surface area (Å²) < 4.78 is 4.71. The zero-order valence-electron chi connectivity index (χ0n) is 9.28. The number of nitrogens with zero attached hydrogens (tertiary/aromatic N) is 1. The number of carbonyl (C=O) groups is 1. The summed E-state index contributed by atoms with van der Waals surface area (Å²) in [6.07, 6.45) is 0. The number of methoxy groups -OCH3 is 1. The van der Waals surface area contributed by atoms with Gasteiger partial charge in [0.1, 0.15) is 12.1 Å².